The SMILES string of the molecule is O=P(c1ccccc1)(c1ccccc1)c1nc2cccc3c2n1-c1ccccc1N3c1ccccc1. The Morgan fingerprint density at radius 2 is 1.06 bits per heavy atom. The molecule has 0 atom stereocenters. The van der Waals surface area contributed by atoms with Crippen LogP contribution in [0.2, 0.25) is 0 Å². The maximum Gasteiger partial charge on any atom is 0.205 e. The third kappa shape index (κ3) is 2.95. The molecule has 0 aliphatic carbocycles. The Hall–Kier alpha value is -4.40. The van der Waals surface area contributed by atoms with Gasteiger partial charge < -0.3 is 9.46 Å². The summed E-state index contributed by atoms with van der Waals surface area (Å²) in [5.41, 5.74) is 6.43. The normalized spacial score (nSPS) is 12.5. The van der Waals surface area contributed by atoms with Gasteiger partial charge in [-0.1, -0.05) is 97.1 Å². The number of benzene rings is 5. The van der Waals surface area contributed by atoms with E-state index in [0.717, 1.165) is 44.4 Å². The number of nitrogens with zero attached hydrogens (tertiary/aromatic N) is 3. The molecule has 4 nitrogen and oxygen atoms in total. The molecule has 0 radical (unpaired) electrons. The first kappa shape index (κ1) is 20.9. The van der Waals surface area contributed by atoms with Crippen LogP contribution in [0.15, 0.2) is 133 Å². The largest absolute Gasteiger partial charge is 0.306 e. The highest BCUT2D eigenvalue weighted by Crippen LogP contribution is 2.50. The summed E-state index contributed by atoms with van der Waals surface area (Å²) < 4.78 is 17.5. The summed E-state index contributed by atoms with van der Waals surface area (Å²) in [4.78, 5) is 7.37. The smallest absolute Gasteiger partial charge is 0.205 e. The average molecular weight is 484 g/mol. The van der Waals surface area contributed by atoms with Gasteiger partial charge in [-0.2, -0.15) is 0 Å². The molecule has 0 saturated heterocycles. The number of imidazole rings is 1. The summed E-state index contributed by atoms with van der Waals surface area (Å²) in [6.45, 7) is 0. The third-order valence-corrected chi connectivity index (χ3v) is 9.69. The fourth-order valence-corrected chi connectivity index (χ4v) is 7.88. The van der Waals surface area contributed by atoms with E-state index in [1.165, 1.54) is 0 Å². The van der Waals surface area contributed by atoms with Crippen molar-refractivity contribution in [3.63, 3.8) is 0 Å². The molecule has 36 heavy (non-hydrogen) atoms. The molecule has 2 heterocycles. The monoisotopic (exact) mass is 483 g/mol. The standard InChI is InChI=1S/C31H22N3OP/c35-36(24-15-6-2-7-16-24,25-17-8-3-9-18-25)31-32-26-19-12-22-29-30(26)34(31)28-21-11-10-20-27(28)33(29)23-13-4-1-5-14-23/h1-22H. The van der Waals surface area contributed by atoms with E-state index in [4.69, 9.17) is 4.98 Å². The van der Waals surface area contributed by atoms with Crippen LogP contribution in [-0.4, -0.2) is 9.55 Å². The Kier molecular flexibility index (Phi) is 4.70. The summed E-state index contributed by atoms with van der Waals surface area (Å²) in [7, 11) is -3.30. The highest BCUT2D eigenvalue weighted by atomic mass is 31.2. The van der Waals surface area contributed by atoms with E-state index in [1.54, 1.807) is 0 Å². The van der Waals surface area contributed by atoms with Gasteiger partial charge in [0.05, 0.1) is 28.1 Å². The van der Waals surface area contributed by atoms with Crippen molar-refractivity contribution < 1.29 is 4.57 Å². The van der Waals surface area contributed by atoms with Crippen molar-refractivity contribution >= 4 is 51.4 Å². The molecule has 0 bridgehead atoms. The lowest BCUT2D eigenvalue weighted by Gasteiger charge is -2.33. The van der Waals surface area contributed by atoms with E-state index < -0.39 is 7.14 Å². The van der Waals surface area contributed by atoms with Crippen LogP contribution in [0.3, 0.4) is 0 Å². The fourth-order valence-electron chi connectivity index (χ4n) is 5.20. The van der Waals surface area contributed by atoms with E-state index >= 15 is 4.57 Å². The van der Waals surface area contributed by atoms with Gasteiger partial charge in [-0.3, -0.25) is 4.57 Å². The summed E-state index contributed by atoms with van der Waals surface area (Å²) in [6.07, 6.45) is 0. The van der Waals surface area contributed by atoms with Crippen LogP contribution in [0.4, 0.5) is 17.1 Å². The zero-order valence-corrected chi connectivity index (χ0v) is 20.3. The van der Waals surface area contributed by atoms with Crippen LogP contribution >= 0.6 is 7.14 Å². The minimum absolute atomic E-state index is 0.572. The zero-order chi connectivity index (χ0) is 24.1. The number of hydrogen-bond acceptors (Lipinski definition) is 3. The van der Waals surface area contributed by atoms with Crippen LogP contribution < -0.4 is 21.1 Å². The number of rotatable bonds is 4. The molecule has 5 aromatic carbocycles. The van der Waals surface area contributed by atoms with Gasteiger partial charge >= 0.3 is 0 Å². The predicted octanol–water partition coefficient (Wildman–Crippen LogP) is 6.45. The van der Waals surface area contributed by atoms with Crippen LogP contribution in [-0.2, 0) is 4.57 Å². The molecule has 7 rings (SSSR count). The highest BCUT2D eigenvalue weighted by Gasteiger charge is 2.39. The molecule has 0 unspecified atom stereocenters. The lowest BCUT2D eigenvalue weighted by molar-refractivity contribution is 0.591. The predicted molar refractivity (Wildman–Crippen MR) is 149 cm³/mol. The van der Waals surface area contributed by atoms with Crippen LogP contribution in [0.1, 0.15) is 0 Å². The summed E-state index contributed by atoms with van der Waals surface area (Å²) in [5.74, 6) is 0. The maximum atomic E-state index is 15.4. The number of anilines is 3. The Balaban J connectivity index is 1.62. The van der Waals surface area contributed by atoms with Crippen molar-refractivity contribution in [3.05, 3.63) is 133 Å². The first-order valence-corrected chi connectivity index (χ1v) is 13.7. The average Bonchev–Trinajstić information content (AvgIpc) is 3.36. The molecule has 1 aliphatic rings. The number of fused-ring (bicyclic) bond motifs is 2. The highest BCUT2D eigenvalue weighted by molar-refractivity contribution is 7.85. The molecule has 6 aromatic rings. The first-order chi connectivity index (χ1) is 17.8. The lowest BCUT2D eigenvalue weighted by Crippen LogP contribution is -2.32. The van der Waals surface area contributed by atoms with E-state index in [2.05, 4.69) is 51.9 Å². The second kappa shape index (κ2) is 8.08. The maximum absolute atomic E-state index is 15.4. The van der Waals surface area contributed by atoms with Gasteiger partial charge in [0.1, 0.15) is 0 Å². The Morgan fingerprint density at radius 3 is 1.69 bits per heavy atom. The molecule has 172 valence electrons. The van der Waals surface area contributed by atoms with Gasteiger partial charge in [-0.05, 0) is 36.4 Å². The van der Waals surface area contributed by atoms with Gasteiger partial charge in [-0.25, -0.2) is 4.98 Å². The Bertz CT molecular complexity index is 1720. The quantitative estimate of drug-likeness (QED) is 0.270. The number of hydrogen-bond donors (Lipinski definition) is 0. The van der Waals surface area contributed by atoms with Crippen molar-refractivity contribution in [1.82, 2.24) is 9.55 Å². The van der Waals surface area contributed by atoms with E-state index in [1.807, 2.05) is 91.0 Å². The molecular weight excluding hydrogens is 461 g/mol. The molecule has 1 aromatic heterocycles. The molecule has 0 amide bonds. The minimum Gasteiger partial charge on any atom is -0.306 e. The number of aromatic nitrogens is 2. The molecule has 5 heteroatoms. The molecule has 0 N–H and O–H groups in total. The topological polar surface area (TPSA) is 38.1 Å². The van der Waals surface area contributed by atoms with Crippen molar-refractivity contribution in [2.75, 3.05) is 4.90 Å². The molecule has 0 saturated carbocycles. The van der Waals surface area contributed by atoms with Crippen molar-refractivity contribution in [1.29, 1.82) is 0 Å². The molecule has 1 aliphatic heterocycles. The van der Waals surface area contributed by atoms with Crippen molar-refractivity contribution in [3.8, 4) is 5.69 Å². The molecular formula is C31H22N3OP. The second-order valence-corrected chi connectivity index (χ2v) is 11.5. The summed E-state index contributed by atoms with van der Waals surface area (Å²) in [6, 6.07) is 44.3. The lowest BCUT2D eigenvalue weighted by atomic mass is 10.1. The fraction of sp³-hybridized carbons (Fsp3) is 0. The van der Waals surface area contributed by atoms with E-state index in [-0.39, 0.29) is 0 Å². The van der Waals surface area contributed by atoms with Crippen LogP contribution in [0.5, 0.6) is 0 Å². The van der Waals surface area contributed by atoms with E-state index in [0.29, 0.717) is 5.57 Å². The zero-order valence-electron chi connectivity index (χ0n) is 19.4. The first-order valence-electron chi connectivity index (χ1n) is 11.9. The van der Waals surface area contributed by atoms with Crippen LogP contribution in [0, 0.1) is 0 Å². The van der Waals surface area contributed by atoms with Gasteiger partial charge in [0.2, 0.25) is 7.14 Å². The van der Waals surface area contributed by atoms with Crippen molar-refractivity contribution in [2.24, 2.45) is 0 Å². The van der Waals surface area contributed by atoms with Gasteiger partial charge in [0.25, 0.3) is 0 Å². The Labute approximate surface area is 209 Å². The van der Waals surface area contributed by atoms with Gasteiger partial charge in [0.15, 0.2) is 5.57 Å². The number of para-hydroxylation sites is 4. The van der Waals surface area contributed by atoms with Crippen LogP contribution in [0.25, 0.3) is 16.7 Å². The summed E-state index contributed by atoms with van der Waals surface area (Å²) in [5, 5.41) is 1.54. The third-order valence-electron chi connectivity index (χ3n) is 6.78. The molecule has 0 spiro atoms. The van der Waals surface area contributed by atoms with Gasteiger partial charge in [-0.15, -0.1) is 0 Å². The Morgan fingerprint density at radius 1 is 0.528 bits per heavy atom. The second-order valence-electron chi connectivity index (χ2n) is 8.83. The summed E-state index contributed by atoms with van der Waals surface area (Å²) >= 11 is 0. The minimum atomic E-state index is -3.30. The molecule has 0 fully saturated rings. The van der Waals surface area contributed by atoms with Crippen molar-refractivity contribution in [2.45, 2.75) is 0 Å². The van der Waals surface area contributed by atoms with Gasteiger partial charge in [0, 0.05) is 16.3 Å². The van der Waals surface area contributed by atoms with E-state index in [9.17, 15) is 0 Å².